The summed E-state index contributed by atoms with van der Waals surface area (Å²) in [6.45, 7) is 3.22. The number of hydrogen-bond acceptors (Lipinski definition) is 3. The van der Waals surface area contributed by atoms with E-state index in [-0.39, 0.29) is 0 Å². The third kappa shape index (κ3) is 3.46. The molecule has 1 aliphatic carbocycles. The Balaban J connectivity index is 1.64. The minimum atomic E-state index is 0.652. The van der Waals surface area contributed by atoms with Crippen LogP contribution in [0.4, 0.5) is 0 Å². The molecule has 3 rings (SSSR count). The molecule has 1 aromatic carbocycles. The van der Waals surface area contributed by atoms with E-state index < -0.39 is 0 Å². The molecule has 0 radical (unpaired) electrons. The van der Waals surface area contributed by atoms with Gasteiger partial charge in [-0.05, 0) is 50.4 Å². The second kappa shape index (κ2) is 6.33. The zero-order chi connectivity index (χ0) is 13.9. The van der Waals surface area contributed by atoms with Crippen LogP contribution in [-0.4, -0.2) is 37.2 Å². The lowest BCUT2D eigenvalue weighted by molar-refractivity contribution is 0.235. The summed E-state index contributed by atoms with van der Waals surface area (Å²) in [4.78, 5) is 2.56. The molecule has 3 nitrogen and oxygen atoms in total. The van der Waals surface area contributed by atoms with Gasteiger partial charge >= 0.3 is 0 Å². The number of methoxy groups -OCH3 is 1. The maximum Gasteiger partial charge on any atom is 0.123 e. The highest BCUT2D eigenvalue weighted by molar-refractivity contribution is 6.30. The molecule has 1 saturated heterocycles. The molecule has 0 amide bonds. The van der Waals surface area contributed by atoms with Gasteiger partial charge in [-0.25, -0.2) is 0 Å². The lowest BCUT2D eigenvalue weighted by atomic mass is 10.1. The molecule has 1 saturated carbocycles. The van der Waals surface area contributed by atoms with Gasteiger partial charge in [0.25, 0.3) is 0 Å². The molecule has 0 spiro atoms. The van der Waals surface area contributed by atoms with Crippen molar-refractivity contribution >= 4 is 11.6 Å². The number of hydrogen-bond donors (Lipinski definition) is 1. The Hall–Kier alpha value is -0.770. The summed E-state index contributed by atoms with van der Waals surface area (Å²) in [7, 11) is 1.73. The smallest absolute Gasteiger partial charge is 0.123 e. The van der Waals surface area contributed by atoms with E-state index in [0.29, 0.717) is 6.04 Å². The zero-order valence-corrected chi connectivity index (χ0v) is 12.8. The predicted octanol–water partition coefficient (Wildman–Crippen LogP) is 3.07. The van der Waals surface area contributed by atoms with Crippen molar-refractivity contribution in [2.24, 2.45) is 0 Å². The topological polar surface area (TPSA) is 24.5 Å². The van der Waals surface area contributed by atoms with E-state index in [0.717, 1.165) is 29.9 Å². The number of benzene rings is 1. The van der Waals surface area contributed by atoms with E-state index in [1.807, 2.05) is 18.2 Å². The van der Waals surface area contributed by atoms with Crippen LogP contribution in [0.25, 0.3) is 0 Å². The van der Waals surface area contributed by atoms with Crippen molar-refractivity contribution in [3.8, 4) is 5.75 Å². The Morgan fingerprint density at radius 2 is 2.20 bits per heavy atom. The van der Waals surface area contributed by atoms with E-state index in [1.165, 1.54) is 37.8 Å². The molecule has 1 heterocycles. The Bertz CT molecular complexity index is 462. The van der Waals surface area contributed by atoms with Crippen molar-refractivity contribution in [2.45, 2.75) is 44.3 Å². The molecule has 2 fully saturated rings. The molecule has 1 N–H and O–H groups in total. The minimum absolute atomic E-state index is 0.652. The number of likely N-dealkylation sites (tertiary alicyclic amines) is 1. The first-order valence-electron chi connectivity index (χ1n) is 7.56. The first kappa shape index (κ1) is 14.2. The van der Waals surface area contributed by atoms with Gasteiger partial charge in [0.05, 0.1) is 7.11 Å². The summed E-state index contributed by atoms with van der Waals surface area (Å²) in [6, 6.07) is 7.33. The fourth-order valence-electron chi connectivity index (χ4n) is 3.01. The first-order chi connectivity index (χ1) is 9.76. The largest absolute Gasteiger partial charge is 0.496 e. The highest BCUT2D eigenvalue weighted by atomic mass is 35.5. The van der Waals surface area contributed by atoms with E-state index in [9.17, 15) is 0 Å². The Morgan fingerprint density at radius 3 is 2.95 bits per heavy atom. The highest BCUT2D eigenvalue weighted by Crippen LogP contribution is 2.28. The monoisotopic (exact) mass is 294 g/mol. The summed E-state index contributed by atoms with van der Waals surface area (Å²) < 4.78 is 5.45. The average molecular weight is 295 g/mol. The zero-order valence-electron chi connectivity index (χ0n) is 12.1. The van der Waals surface area contributed by atoms with Crippen LogP contribution >= 0.6 is 11.6 Å². The van der Waals surface area contributed by atoms with E-state index in [4.69, 9.17) is 16.3 Å². The van der Waals surface area contributed by atoms with Crippen molar-refractivity contribution < 1.29 is 4.74 Å². The van der Waals surface area contributed by atoms with Crippen molar-refractivity contribution in [3.63, 3.8) is 0 Å². The fraction of sp³-hybridized carbons (Fsp3) is 0.625. The summed E-state index contributed by atoms with van der Waals surface area (Å²) in [5.74, 6) is 0.940. The van der Waals surface area contributed by atoms with E-state index >= 15 is 0 Å². The van der Waals surface area contributed by atoms with Gasteiger partial charge < -0.3 is 10.1 Å². The van der Waals surface area contributed by atoms with Crippen molar-refractivity contribution in [2.75, 3.05) is 20.2 Å². The van der Waals surface area contributed by atoms with Gasteiger partial charge in [0, 0.05) is 35.8 Å². The molecule has 2 aliphatic rings. The van der Waals surface area contributed by atoms with Crippen molar-refractivity contribution in [3.05, 3.63) is 28.8 Å². The summed E-state index contributed by atoms with van der Waals surface area (Å²) >= 11 is 6.12. The van der Waals surface area contributed by atoms with Crippen molar-refractivity contribution in [1.29, 1.82) is 0 Å². The van der Waals surface area contributed by atoms with Crippen LogP contribution < -0.4 is 10.1 Å². The maximum atomic E-state index is 6.12. The van der Waals surface area contributed by atoms with E-state index in [1.54, 1.807) is 7.11 Å². The van der Waals surface area contributed by atoms with Gasteiger partial charge in [-0.2, -0.15) is 0 Å². The van der Waals surface area contributed by atoms with Crippen LogP contribution in [0.1, 0.15) is 31.2 Å². The van der Waals surface area contributed by atoms with Crippen molar-refractivity contribution in [1.82, 2.24) is 10.2 Å². The first-order valence-corrected chi connectivity index (χ1v) is 7.94. The molecule has 1 atom stereocenters. The van der Waals surface area contributed by atoms with Crippen LogP contribution in [0.5, 0.6) is 5.75 Å². The third-order valence-electron chi connectivity index (χ3n) is 4.33. The number of nitrogens with zero attached hydrogens (tertiary/aromatic N) is 1. The standard InChI is InChI=1S/C16H23ClN2O/c1-20-16-7-4-13(17)9-12(16)11-19-8-2-3-15(19)10-18-14-5-6-14/h4,7,9,14-15,18H,2-3,5-6,8,10-11H2,1H3. The third-order valence-corrected chi connectivity index (χ3v) is 4.57. The Morgan fingerprint density at radius 1 is 1.35 bits per heavy atom. The lowest BCUT2D eigenvalue weighted by Gasteiger charge is -2.25. The van der Waals surface area contributed by atoms with Gasteiger partial charge in [-0.1, -0.05) is 11.6 Å². The average Bonchev–Trinajstić information content (AvgIpc) is 3.17. The second-order valence-corrected chi connectivity index (χ2v) is 6.34. The van der Waals surface area contributed by atoms with Crippen LogP contribution in [0.2, 0.25) is 5.02 Å². The highest BCUT2D eigenvalue weighted by Gasteiger charge is 2.28. The van der Waals surface area contributed by atoms with Crippen LogP contribution in [0.3, 0.4) is 0 Å². The Kier molecular flexibility index (Phi) is 4.49. The van der Waals surface area contributed by atoms with Crippen LogP contribution in [0.15, 0.2) is 18.2 Å². The lowest BCUT2D eigenvalue weighted by Crippen LogP contribution is -2.38. The van der Waals surface area contributed by atoms with Gasteiger partial charge in [0.15, 0.2) is 0 Å². The molecular formula is C16H23ClN2O. The summed E-state index contributed by atoms with van der Waals surface area (Å²) in [6.07, 6.45) is 5.30. The SMILES string of the molecule is COc1ccc(Cl)cc1CN1CCCC1CNC1CC1. The van der Waals surface area contributed by atoms with Gasteiger partial charge in [0.1, 0.15) is 5.75 Å². The number of ether oxygens (including phenoxy) is 1. The Labute approximate surface area is 126 Å². The minimum Gasteiger partial charge on any atom is -0.496 e. The molecule has 110 valence electrons. The number of halogens is 1. The molecule has 1 aromatic rings. The molecule has 1 aliphatic heterocycles. The normalized spacial score (nSPS) is 23.2. The molecule has 0 bridgehead atoms. The fourth-order valence-corrected chi connectivity index (χ4v) is 3.21. The van der Waals surface area contributed by atoms with Gasteiger partial charge in [0.2, 0.25) is 0 Å². The number of rotatable bonds is 6. The molecular weight excluding hydrogens is 272 g/mol. The van der Waals surface area contributed by atoms with Gasteiger partial charge in [-0.3, -0.25) is 4.90 Å². The molecule has 0 aromatic heterocycles. The molecule has 20 heavy (non-hydrogen) atoms. The molecule has 1 unspecified atom stereocenters. The van der Waals surface area contributed by atoms with Gasteiger partial charge in [-0.15, -0.1) is 0 Å². The maximum absolute atomic E-state index is 6.12. The number of nitrogens with one attached hydrogen (secondary N) is 1. The summed E-state index contributed by atoms with van der Waals surface area (Å²) in [5, 5.41) is 4.44. The second-order valence-electron chi connectivity index (χ2n) is 5.91. The quantitative estimate of drug-likeness (QED) is 0.873. The van der Waals surface area contributed by atoms with E-state index in [2.05, 4.69) is 10.2 Å². The molecule has 4 heteroatoms. The van der Waals surface area contributed by atoms with Crippen LogP contribution in [0, 0.1) is 0 Å². The summed E-state index contributed by atoms with van der Waals surface area (Å²) in [5.41, 5.74) is 1.19. The predicted molar refractivity (Wildman–Crippen MR) is 82.5 cm³/mol. The van der Waals surface area contributed by atoms with Crippen LogP contribution in [-0.2, 0) is 6.54 Å².